The van der Waals surface area contributed by atoms with Crippen molar-refractivity contribution in [3.05, 3.63) is 262 Å². The lowest BCUT2D eigenvalue weighted by molar-refractivity contribution is 0.626. The van der Waals surface area contributed by atoms with Crippen LogP contribution in [0.2, 0.25) is 0 Å². The first-order valence-electron chi connectivity index (χ1n) is 24.1. The van der Waals surface area contributed by atoms with Crippen LogP contribution in [0.3, 0.4) is 0 Å². The summed E-state index contributed by atoms with van der Waals surface area (Å²) in [4.78, 5) is 4.71. The van der Waals surface area contributed by atoms with E-state index in [1.807, 2.05) is 0 Å². The second kappa shape index (κ2) is 18.7. The van der Waals surface area contributed by atoms with Crippen LogP contribution in [0.1, 0.15) is 83.3 Å². The SMILES string of the molecule is Cc1ccc(N(c2ccc(-c3ccc(C)cc3C)cc2)c2ccc(C(C)(C)c3ccc(C(C)(C)c4ccc(N(c5ccc(C)cc5)c5ccc(-c6ccc(C)cc6C)cc5)cc4)cc3)cc2)cc1. The van der Waals surface area contributed by atoms with Crippen molar-refractivity contribution >= 4 is 34.1 Å². The molecule has 9 rings (SSSR count). The number of aryl methyl sites for hydroxylation is 6. The van der Waals surface area contributed by atoms with Gasteiger partial charge in [0.25, 0.3) is 0 Å². The summed E-state index contributed by atoms with van der Waals surface area (Å²) in [5.41, 5.74) is 24.2. The van der Waals surface area contributed by atoms with Gasteiger partial charge in [-0.25, -0.2) is 0 Å². The number of hydrogen-bond acceptors (Lipinski definition) is 2. The highest BCUT2D eigenvalue weighted by atomic mass is 15.1. The predicted octanol–water partition coefficient (Wildman–Crippen LogP) is 18.5. The molecule has 0 heterocycles. The van der Waals surface area contributed by atoms with Crippen LogP contribution in [0.4, 0.5) is 34.1 Å². The highest BCUT2D eigenvalue weighted by Gasteiger charge is 2.28. The van der Waals surface area contributed by atoms with E-state index >= 15 is 0 Å². The molecule has 9 aromatic carbocycles. The third kappa shape index (κ3) is 9.29. The molecule has 0 unspecified atom stereocenters. The van der Waals surface area contributed by atoms with E-state index in [-0.39, 0.29) is 10.8 Å². The van der Waals surface area contributed by atoms with Crippen LogP contribution in [0.25, 0.3) is 22.3 Å². The normalized spacial score (nSPS) is 11.7. The Labute approximate surface area is 406 Å². The summed E-state index contributed by atoms with van der Waals surface area (Å²) in [6, 6.07) is 76.7. The Bertz CT molecular complexity index is 2940. The molecule has 0 amide bonds. The molecule has 9 aromatic rings. The zero-order valence-electron chi connectivity index (χ0n) is 41.5. The van der Waals surface area contributed by atoms with Gasteiger partial charge in [-0.2, -0.15) is 0 Å². The molecule has 68 heavy (non-hydrogen) atoms. The summed E-state index contributed by atoms with van der Waals surface area (Å²) in [6.07, 6.45) is 0. The van der Waals surface area contributed by atoms with Gasteiger partial charge in [0, 0.05) is 45.0 Å². The fraction of sp³-hybridized carbons (Fsp3) is 0.182. The van der Waals surface area contributed by atoms with Crippen LogP contribution < -0.4 is 9.80 Å². The molecule has 0 radical (unpaired) electrons. The van der Waals surface area contributed by atoms with Crippen molar-refractivity contribution < 1.29 is 0 Å². The van der Waals surface area contributed by atoms with Gasteiger partial charge in [0.2, 0.25) is 0 Å². The van der Waals surface area contributed by atoms with E-state index in [2.05, 4.69) is 285 Å². The molecule has 2 nitrogen and oxygen atoms in total. The van der Waals surface area contributed by atoms with Gasteiger partial charge in [0.15, 0.2) is 0 Å². The van der Waals surface area contributed by atoms with E-state index in [4.69, 9.17) is 0 Å². The fourth-order valence-corrected chi connectivity index (χ4v) is 9.83. The molecule has 0 aromatic heterocycles. The minimum atomic E-state index is -0.207. The summed E-state index contributed by atoms with van der Waals surface area (Å²) in [6.45, 7) is 22.3. The van der Waals surface area contributed by atoms with Crippen LogP contribution in [0.15, 0.2) is 206 Å². The van der Waals surface area contributed by atoms with E-state index in [0.29, 0.717) is 0 Å². The first kappa shape index (κ1) is 45.7. The zero-order valence-corrected chi connectivity index (χ0v) is 41.5. The van der Waals surface area contributed by atoms with Crippen molar-refractivity contribution in [2.75, 3.05) is 9.80 Å². The molecule has 0 aliphatic heterocycles. The number of anilines is 6. The van der Waals surface area contributed by atoms with Gasteiger partial charge in [-0.15, -0.1) is 0 Å². The Morgan fingerprint density at radius 1 is 0.250 bits per heavy atom. The van der Waals surface area contributed by atoms with Crippen LogP contribution in [-0.4, -0.2) is 0 Å². The minimum absolute atomic E-state index is 0.207. The van der Waals surface area contributed by atoms with E-state index in [1.165, 1.54) is 77.9 Å². The largest absolute Gasteiger partial charge is 0.311 e. The molecule has 0 aliphatic rings. The van der Waals surface area contributed by atoms with Crippen molar-refractivity contribution in [2.45, 2.75) is 80.1 Å². The first-order valence-corrected chi connectivity index (χ1v) is 24.1. The Balaban J connectivity index is 0.949. The summed E-state index contributed by atoms with van der Waals surface area (Å²) >= 11 is 0. The Hall–Kier alpha value is -7.42. The number of nitrogens with zero attached hydrogens (tertiary/aromatic N) is 2. The molecule has 0 spiro atoms. The second-order valence-electron chi connectivity index (χ2n) is 20.0. The van der Waals surface area contributed by atoms with Crippen LogP contribution >= 0.6 is 0 Å². The second-order valence-corrected chi connectivity index (χ2v) is 20.0. The maximum atomic E-state index is 2.36. The van der Waals surface area contributed by atoms with E-state index < -0.39 is 0 Å². The standard InChI is InChI=1S/C66H64N2/c1-45-11-29-57(30-12-45)67(59-33-17-51(18-34-59)63-41-15-47(3)43-49(63)5)61-37-25-55(26-38-61)65(7,8)53-21-23-54(24-22-53)66(9,10)56-27-39-62(40-28-56)68(58-31-13-46(2)14-32-58)60-35-19-52(20-36-60)64-42-16-48(4)44-50(64)6/h11-44H,1-10H3. The van der Waals surface area contributed by atoms with Crippen molar-refractivity contribution in [1.82, 2.24) is 0 Å². The van der Waals surface area contributed by atoms with Crippen molar-refractivity contribution in [1.29, 1.82) is 0 Å². The molecule has 2 heteroatoms. The molecule has 0 saturated carbocycles. The first-order chi connectivity index (χ1) is 32.6. The van der Waals surface area contributed by atoms with Crippen molar-refractivity contribution in [2.24, 2.45) is 0 Å². The summed E-state index contributed by atoms with van der Waals surface area (Å²) in [5, 5.41) is 0. The lowest BCUT2D eigenvalue weighted by Crippen LogP contribution is -2.22. The van der Waals surface area contributed by atoms with Gasteiger partial charge < -0.3 is 9.80 Å². The van der Waals surface area contributed by atoms with Crippen molar-refractivity contribution in [3.63, 3.8) is 0 Å². The fourth-order valence-electron chi connectivity index (χ4n) is 9.83. The smallest absolute Gasteiger partial charge is 0.0462 e. The predicted molar refractivity (Wildman–Crippen MR) is 292 cm³/mol. The third-order valence-electron chi connectivity index (χ3n) is 14.2. The topological polar surface area (TPSA) is 6.48 Å². The van der Waals surface area contributed by atoms with E-state index in [0.717, 1.165) is 34.1 Å². The van der Waals surface area contributed by atoms with Gasteiger partial charge in [0.1, 0.15) is 0 Å². The van der Waals surface area contributed by atoms with Crippen LogP contribution in [0.5, 0.6) is 0 Å². The van der Waals surface area contributed by atoms with Gasteiger partial charge in [0.05, 0.1) is 0 Å². The molecule has 0 bridgehead atoms. The average Bonchev–Trinajstić information content (AvgIpc) is 3.34. The van der Waals surface area contributed by atoms with Gasteiger partial charge >= 0.3 is 0 Å². The van der Waals surface area contributed by atoms with Crippen LogP contribution in [0, 0.1) is 41.5 Å². The summed E-state index contributed by atoms with van der Waals surface area (Å²) < 4.78 is 0. The Kier molecular flexibility index (Phi) is 12.6. The molecular formula is C66H64N2. The molecule has 0 saturated heterocycles. The average molecular weight is 885 g/mol. The third-order valence-corrected chi connectivity index (χ3v) is 14.2. The van der Waals surface area contributed by atoms with E-state index in [1.54, 1.807) is 0 Å². The minimum Gasteiger partial charge on any atom is -0.311 e. The number of rotatable bonds is 12. The van der Waals surface area contributed by atoms with Crippen LogP contribution in [-0.2, 0) is 10.8 Å². The molecule has 0 aliphatic carbocycles. The summed E-state index contributed by atoms with van der Waals surface area (Å²) in [7, 11) is 0. The lowest BCUT2D eigenvalue weighted by atomic mass is 9.74. The molecule has 338 valence electrons. The number of benzene rings is 9. The van der Waals surface area contributed by atoms with E-state index in [9.17, 15) is 0 Å². The maximum absolute atomic E-state index is 2.36. The molecule has 0 N–H and O–H groups in total. The summed E-state index contributed by atoms with van der Waals surface area (Å²) in [5.74, 6) is 0. The lowest BCUT2D eigenvalue weighted by Gasteiger charge is -2.31. The van der Waals surface area contributed by atoms with Gasteiger partial charge in [-0.1, -0.05) is 183 Å². The van der Waals surface area contributed by atoms with Gasteiger partial charge in [-0.05, 0) is 170 Å². The number of hydrogen-bond donors (Lipinski definition) is 0. The molecular weight excluding hydrogens is 821 g/mol. The highest BCUT2D eigenvalue weighted by Crippen LogP contribution is 2.42. The van der Waals surface area contributed by atoms with Gasteiger partial charge in [-0.3, -0.25) is 0 Å². The van der Waals surface area contributed by atoms with Crippen molar-refractivity contribution in [3.8, 4) is 22.3 Å². The molecule has 0 atom stereocenters. The zero-order chi connectivity index (χ0) is 47.7. The monoisotopic (exact) mass is 885 g/mol. The Morgan fingerprint density at radius 2 is 0.471 bits per heavy atom. The maximum Gasteiger partial charge on any atom is 0.0462 e. The highest BCUT2D eigenvalue weighted by molar-refractivity contribution is 5.81. The Morgan fingerprint density at radius 3 is 0.735 bits per heavy atom. The quantitative estimate of drug-likeness (QED) is 0.121. The molecule has 0 fully saturated rings.